The SMILES string of the molecule is COC(=O)C1(C(=O)OC)CC2C(c3ccccc3C)N(C(=O)OC(C)(C)C)CCN2C1=O.Cc1ccccc1C1NCCN2C(=O)CCC12.Cl. The molecule has 0 aromatic heterocycles. The van der Waals surface area contributed by atoms with Crippen molar-refractivity contribution in [1.82, 2.24) is 20.0 Å². The van der Waals surface area contributed by atoms with E-state index < -0.39 is 47.0 Å². The second-order valence-corrected chi connectivity index (χ2v) is 14.1. The topological polar surface area (TPSA) is 135 Å². The van der Waals surface area contributed by atoms with Gasteiger partial charge in [-0.15, -0.1) is 12.4 Å². The molecule has 0 saturated carbocycles. The second kappa shape index (κ2) is 15.4. The Hall–Kier alpha value is -4.16. The predicted molar refractivity (Wildman–Crippen MR) is 187 cm³/mol. The molecule has 4 unspecified atom stereocenters. The molecule has 0 bridgehead atoms. The molecule has 4 saturated heterocycles. The third-order valence-corrected chi connectivity index (χ3v) is 10.0. The van der Waals surface area contributed by atoms with Crippen LogP contribution in [0.5, 0.6) is 0 Å². The Bertz CT molecular complexity index is 1590. The van der Waals surface area contributed by atoms with E-state index >= 15 is 0 Å². The molecule has 4 atom stereocenters. The number of ether oxygens (including phenoxy) is 3. The van der Waals surface area contributed by atoms with Crippen LogP contribution in [0, 0.1) is 19.3 Å². The maximum Gasteiger partial charge on any atom is 0.410 e. The molecule has 12 nitrogen and oxygen atoms in total. The number of carbonyl (C=O) groups is 5. The van der Waals surface area contributed by atoms with E-state index in [0.29, 0.717) is 24.4 Å². The Labute approximate surface area is 300 Å². The summed E-state index contributed by atoms with van der Waals surface area (Å²) in [5, 5.41) is 3.57. The highest BCUT2D eigenvalue weighted by molar-refractivity contribution is 6.20. The van der Waals surface area contributed by atoms with Gasteiger partial charge in [-0.25, -0.2) is 4.79 Å². The van der Waals surface area contributed by atoms with Crippen molar-refractivity contribution in [2.75, 3.05) is 40.4 Å². The quantitative estimate of drug-likeness (QED) is 0.280. The van der Waals surface area contributed by atoms with Crippen LogP contribution in [0.1, 0.15) is 74.4 Å². The first-order chi connectivity index (χ1) is 23.2. The van der Waals surface area contributed by atoms with Crippen LogP contribution in [-0.4, -0.2) is 103 Å². The molecule has 2 aromatic rings. The van der Waals surface area contributed by atoms with Gasteiger partial charge in [0.1, 0.15) is 5.60 Å². The van der Waals surface area contributed by atoms with Gasteiger partial charge in [0.2, 0.25) is 11.3 Å². The third kappa shape index (κ3) is 7.18. The van der Waals surface area contributed by atoms with Gasteiger partial charge in [-0.2, -0.15) is 0 Å². The second-order valence-electron chi connectivity index (χ2n) is 14.1. The number of hydrogen-bond acceptors (Lipinski definition) is 9. The van der Waals surface area contributed by atoms with Crippen LogP contribution in [0.15, 0.2) is 48.5 Å². The van der Waals surface area contributed by atoms with E-state index in [0.717, 1.165) is 44.9 Å². The van der Waals surface area contributed by atoms with Crippen LogP contribution >= 0.6 is 12.4 Å². The van der Waals surface area contributed by atoms with Crippen LogP contribution in [0.2, 0.25) is 0 Å². The highest BCUT2D eigenvalue weighted by Gasteiger charge is 2.66. The smallest absolute Gasteiger partial charge is 0.410 e. The van der Waals surface area contributed by atoms with E-state index in [4.69, 9.17) is 14.2 Å². The van der Waals surface area contributed by atoms with E-state index in [1.54, 1.807) is 25.7 Å². The lowest BCUT2D eigenvalue weighted by molar-refractivity contribution is -0.172. The number of halogens is 1. The molecule has 4 aliphatic heterocycles. The molecule has 2 aromatic carbocycles. The molecule has 0 aliphatic carbocycles. The maximum atomic E-state index is 13.4. The van der Waals surface area contributed by atoms with Gasteiger partial charge in [-0.3, -0.25) is 24.1 Å². The van der Waals surface area contributed by atoms with Gasteiger partial charge in [0, 0.05) is 39.0 Å². The highest BCUT2D eigenvalue weighted by Crippen LogP contribution is 2.47. The summed E-state index contributed by atoms with van der Waals surface area (Å²) in [5.41, 5.74) is 1.57. The zero-order valence-corrected chi connectivity index (χ0v) is 30.7. The largest absolute Gasteiger partial charge is 0.468 e. The molecule has 0 radical (unpaired) electrons. The maximum absolute atomic E-state index is 13.4. The standard InChI is InChI=1S/C23H30N2O7.C14H18N2O.ClH/c1-14-9-7-8-10-15(14)17-16-13-23(19(27)30-5,20(28)31-6)18(26)24(16)11-12-25(17)21(29)32-22(2,3)4;1-10-4-2-3-5-11(10)14-12-6-7-13(17)16(12)9-8-15-14;/h7-10,16-17H,11-13H2,1-6H3;2-5,12,14-15H,6-9H2,1H3;1H. The Morgan fingerprint density at radius 2 is 1.40 bits per heavy atom. The molecule has 272 valence electrons. The van der Waals surface area contributed by atoms with E-state index in [1.165, 1.54) is 16.0 Å². The van der Waals surface area contributed by atoms with Gasteiger partial charge in [0.05, 0.1) is 38.4 Å². The zero-order valence-electron chi connectivity index (χ0n) is 29.9. The minimum Gasteiger partial charge on any atom is -0.468 e. The van der Waals surface area contributed by atoms with Crippen molar-refractivity contribution in [3.05, 3.63) is 70.8 Å². The molecule has 4 heterocycles. The molecular weight excluding hydrogens is 664 g/mol. The van der Waals surface area contributed by atoms with Gasteiger partial charge >= 0.3 is 18.0 Å². The molecule has 0 spiro atoms. The van der Waals surface area contributed by atoms with Gasteiger partial charge in [0.15, 0.2) is 0 Å². The van der Waals surface area contributed by atoms with Crippen molar-refractivity contribution in [2.45, 2.75) is 83.6 Å². The molecule has 13 heteroatoms. The van der Waals surface area contributed by atoms with Crippen LogP contribution in [0.25, 0.3) is 0 Å². The molecule has 3 amide bonds. The number of amides is 3. The minimum atomic E-state index is -2.10. The molecule has 4 aliphatic rings. The number of aryl methyl sites for hydroxylation is 2. The first kappa shape index (κ1) is 38.6. The van der Waals surface area contributed by atoms with Crippen molar-refractivity contribution in [3.8, 4) is 0 Å². The molecule has 6 rings (SSSR count). The van der Waals surface area contributed by atoms with E-state index in [9.17, 15) is 24.0 Å². The van der Waals surface area contributed by atoms with Gasteiger partial charge in [-0.1, -0.05) is 48.5 Å². The van der Waals surface area contributed by atoms with Crippen LogP contribution < -0.4 is 5.32 Å². The first-order valence-corrected chi connectivity index (χ1v) is 16.9. The number of rotatable bonds is 4. The summed E-state index contributed by atoms with van der Waals surface area (Å²) in [7, 11) is 2.26. The fourth-order valence-corrected chi connectivity index (χ4v) is 7.73. The van der Waals surface area contributed by atoms with Crippen LogP contribution in [-0.2, 0) is 33.4 Å². The Morgan fingerprint density at radius 1 is 0.820 bits per heavy atom. The fraction of sp³-hybridized carbons (Fsp3) is 0.541. The summed E-state index contributed by atoms with van der Waals surface area (Å²) in [6.45, 7) is 11.5. The van der Waals surface area contributed by atoms with E-state index in [-0.39, 0.29) is 31.9 Å². The predicted octanol–water partition coefficient (Wildman–Crippen LogP) is 4.27. The lowest BCUT2D eigenvalue weighted by atomic mass is 9.81. The lowest BCUT2D eigenvalue weighted by Gasteiger charge is -2.45. The monoisotopic (exact) mass is 712 g/mol. The van der Waals surface area contributed by atoms with Crippen molar-refractivity contribution < 1.29 is 38.2 Å². The molecule has 4 fully saturated rings. The van der Waals surface area contributed by atoms with Crippen LogP contribution in [0.3, 0.4) is 0 Å². The number of benzene rings is 2. The Balaban J connectivity index is 0.000000261. The summed E-state index contributed by atoms with van der Waals surface area (Å²) in [5.74, 6) is -2.26. The summed E-state index contributed by atoms with van der Waals surface area (Å²) >= 11 is 0. The number of hydrogen-bond donors (Lipinski definition) is 1. The third-order valence-electron chi connectivity index (χ3n) is 10.0. The average molecular weight is 713 g/mol. The number of methoxy groups -OCH3 is 2. The first-order valence-electron chi connectivity index (χ1n) is 16.9. The molecular formula is C37H49ClN4O8. The number of esters is 2. The van der Waals surface area contributed by atoms with Gasteiger partial charge < -0.3 is 29.3 Å². The number of piperazine rings is 2. The summed E-state index contributed by atoms with van der Waals surface area (Å²) in [6, 6.07) is 15.4. The minimum absolute atomic E-state index is 0. The number of nitrogens with zero attached hydrogens (tertiary/aromatic N) is 3. The summed E-state index contributed by atoms with van der Waals surface area (Å²) < 4.78 is 15.3. The van der Waals surface area contributed by atoms with Crippen molar-refractivity contribution >= 4 is 42.3 Å². The normalized spacial score (nSPS) is 23.9. The van der Waals surface area contributed by atoms with Gasteiger partial charge in [0.25, 0.3) is 5.91 Å². The van der Waals surface area contributed by atoms with E-state index in [1.807, 2.05) is 31.2 Å². The molecule has 50 heavy (non-hydrogen) atoms. The average Bonchev–Trinajstić information content (AvgIpc) is 3.61. The molecule has 1 N–H and O–H groups in total. The number of fused-ring (bicyclic) bond motifs is 2. The number of carbonyl (C=O) groups excluding carboxylic acids is 5. The summed E-state index contributed by atoms with van der Waals surface area (Å²) in [6.07, 6.45) is 1.02. The fourth-order valence-electron chi connectivity index (χ4n) is 7.73. The van der Waals surface area contributed by atoms with Crippen molar-refractivity contribution in [2.24, 2.45) is 5.41 Å². The lowest BCUT2D eigenvalue weighted by Crippen LogP contribution is -2.56. The number of nitrogens with one attached hydrogen (secondary N) is 1. The Kier molecular flexibility index (Phi) is 11.9. The zero-order chi connectivity index (χ0) is 35.7. The van der Waals surface area contributed by atoms with Gasteiger partial charge in [-0.05, 0) is 63.3 Å². The van der Waals surface area contributed by atoms with Crippen molar-refractivity contribution in [3.63, 3.8) is 0 Å². The van der Waals surface area contributed by atoms with Crippen LogP contribution in [0.4, 0.5) is 4.79 Å². The Morgan fingerprint density at radius 3 is 1.96 bits per heavy atom. The van der Waals surface area contributed by atoms with E-state index in [2.05, 4.69) is 41.4 Å². The highest BCUT2D eigenvalue weighted by atomic mass is 35.5. The van der Waals surface area contributed by atoms with Crippen molar-refractivity contribution in [1.29, 1.82) is 0 Å². The summed E-state index contributed by atoms with van der Waals surface area (Å²) in [4.78, 5) is 68.9.